The zero-order valence-electron chi connectivity index (χ0n) is 10.0. The Morgan fingerprint density at radius 1 is 1.11 bits per heavy atom. The average molecular weight is 248 g/mol. The maximum Gasteiger partial charge on any atom is 0.126 e. The van der Waals surface area contributed by atoms with Crippen molar-refractivity contribution in [2.75, 3.05) is 0 Å². The Labute approximate surface area is 105 Å². The van der Waals surface area contributed by atoms with Crippen molar-refractivity contribution in [3.05, 3.63) is 65.5 Å². The van der Waals surface area contributed by atoms with E-state index in [2.05, 4.69) is 10.3 Å². The SMILES string of the molecule is C[C@@H](NCc1cc(F)cc(F)c1)c1ccncc1. The molecule has 0 unspecified atom stereocenters. The van der Waals surface area contributed by atoms with Crippen LogP contribution >= 0.6 is 0 Å². The molecule has 0 amide bonds. The number of nitrogens with one attached hydrogen (secondary N) is 1. The third kappa shape index (κ3) is 3.34. The van der Waals surface area contributed by atoms with E-state index in [4.69, 9.17) is 0 Å². The normalized spacial score (nSPS) is 12.4. The van der Waals surface area contributed by atoms with Crippen LogP contribution in [0.3, 0.4) is 0 Å². The smallest absolute Gasteiger partial charge is 0.126 e. The van der Waals surface area contributed by atoms with Crippen molar-refractivity contribution in [3.8, 4) is 0 Å². The fraction of sp³-hybridized carbons (Fsp3) is 0.214. The highest BCUT2D eigenvalue weighted by molar-refractivity contribution is 5.19. The lowest BCUT2D eigenvalue weighted by atomic mass is 10.1. The molecule has 0 saturated carbocycles. The molecule has 2 rings (SSSR count). The molecule has 0 spiro atoms. The molecule has 0 aliphatic carbocycles. The predicted octanol–water partition coefficient (Wildman–Crippen LogP) is 3.21. The molecule has 1 N–H and O–H groups in total. The summed E-state index contributed by atoms with van der Waals surface area (Å²) in [6.07, 6.45) is 3.44. The molecule has 0 radical (unpaired) electrons. The van der Waals surface area contributed by atoms with E-state index in [1.807, 2.05) is 19.1 Å². The quantitative estimate of drug-likeness (QED) is 0.898. The molecule has 4 heteroatoms. The molecule has 0 aliphatic heterocycles. The second-order valence-corrected chi connectivity index (χ2v) is 4.16. The van der Waals surface area contributed by atoms with E-state index in [0.717, 1.165) is 11.6 Å². The second-order valence-electron chi connectivity index (χ2n) is 4.16. The van der Waals surface area contributed by atoms with Gasteiger partial charge in [0.25, 0.3) is 0 Å². The zero-order chi connectivity index (χ0) is 13.0. The van der Waals surface area contributed by atoms with Crippen LogP contribution in [0.15, 0.2) is 42.7 Å². The minimum absolute atomic E-state index is 0.0966. The summed E-state index contributed by atoms with van der Waals surface area (Å²) in [5.41, 5.74) is 1.68. The Morgan fingerprint density at radius 2 is 1.72 bits per heavy atom. The van der Waals surface area contributed by atoms with Gasteiger partial charge in [0.2, 0.25) is 0 Å². The van der Waals surface area contributed by atoms with Crippen LogP contribution < -0.4 is 5.32 Å². The molecule has 1 aromatic carbocycles. The summed E-state index contributed by atoms with van der Waals surface area (Å²) in [5, 5.41) is 3.21. The van der Waals surface area contributed by atoms with Crippen molar-refractivity contribution in [1.82, 2.24) is 10.3 Å². The Balaban J connectivity index is 1.99. The van der Waals surface area contributed by atoms with Gasteiger partial charge in [0.15, 0.2) is 0 Å². The van der Waals surface area contributed by atoms with Gasteiger partial charge >= 0.3 is 0 Å². The summed E-state index contributed by atoms with van der Waals surface area (Å²) >= 11 is 0. The molecule has 94 valence electrons. The maximum absolute atomic E-state index is 13.0. The Morgan fingerprint density at radius 3 is 2.33 bits per heavy atom. The van der Waals surface area contributed by atoms with Gasteiger partial charge in [0.1, 0.15) is 11.6 Å². The van der Waals surface area contributed by atoms with E-state index in [1.165, 1.54) is 12.1 Å². The molecule has 2 aromatic rings. The molecule has 1 aromatic heterocycles. The lowest BCUT2D eigenvalue weighted by Gasteiger charge is -2.14. The first-order valence-electron chi connectivity index (χ1n) is 5.73. The third-order valence-electron chi connectivity index (χ3n) is 2.74. The van der Waals surface area contributed by atoms with Crippen LogP contribution in [0, 0.1) is 11.6 Å². The molecule has 1 heterocycles. The third-order valence-corrected chi connectivity index (χ3v) is 2.74. The average Bonchev–Trinajstić information content (AvgIpc) is 2.36. The van der Waals surface area contributed by atoms with Gasteiger partial charge < -0.3 is 5.32 Å². The maximum atomic E-state index is 13.0. The van der Waals surface area contributed by atoms with Crippen molar-refractivity contribution in [3.63, 3.8) is 0 Å². The van der Waals surface area contributed by atoms with E-state index >= 15 is 0 Å². The van der Waals surface area contributed by atoms with Crippen molar-refractivity contribution < 1.29 is 8.78 Å². The summed E-state index contributed by atoms with van der Waals surface area (Å²) in [6.45, 7) is 2.41. The van der Waals surface area contributed by atoms with Crippen LogP contribution in [-0.2, 0) is 6.54 Å². The summed E-state index contributed by atoms with van der Waals surface area (Å²) in [4.78, 5) is 3.94. The number of rotatable bonds is 4. The summed E-state index contributed by atoms with van der Waals surface area (Å²) in [7, 11) is 0. The van der Waals surface area contributed by atoms with E-state index in [9.17, 15) is 8.78 Å². The molecule has 0 fully saturated rings. The minimum atomic E-state index is -0.552. The fourth-order valence-electron chi connectivity index (χ4n) is 1.75. The number of benzene rings is 1. The van der Waals surface area contributed by atoms with Crippen molar-refractivity contribution in [1.29, 1.82) is 0 Å². The Bertz CT molecular complexity index is 494. The van der Waals surface area contributed by atoms with Gasteiger partial charge in [-0.25, -0.2) is 8.78 Å². The second kappa shape index (κ2) is 5.69. The largest absolute Gasteiger partial charge is 0.306 e. The lowest BCUT2D eigenvalue weighted by Crippen LogP contribution is -2.18. The summed E-state index contributed by atoms with van der Waals surface area (Å²) in [6, 6.07) is 7.44. The van der Waals surface area contributed by atoms with Gasteiger partial charge in [-0.2, -0.15) is 0 Å². The minimum Gasteiger partial charge on any atom is -0.306 e. The molecule has 1 atom stereocenters. The van der Waals surface area contributed by atoms with E-state index in [1.54, 1.807) is 12.4 Å². The van der Waals surface area contributed by atoms with Crippen LogP contribution in [0.2, 0.25) is 0 Å². The van der Waals surface area contributed by atoms with E-state index in [0.29, 0.717) is 12.1 Å². The molecular formula is C14H14F2N2. The van der Waals surface area contributed by atoms with Crippen LogP contribution in [0.5, 0.6) is 0 Å². The first kappa shape index (κ1) is 12.6. The highest BCUT2D eigenvalue weighted by Gasteiger charge is 2.05. The van der Waals surface area contributed by atoms with Crippen LogP contribution in [0.4, 0.5) is 8.78 Å². The Hall–Kier alpha value is -1.81. The highest BCUT2D eigenvalue weighted by atomic mass is 19.1. The first-order chi connectivity index (χ1) is 8.65. The van der Waals surface area contributed by atoms with Crippen molar-refractivity contribution in [2.24, 2.45) is 0 Å². The van der Waals surface area contributed by atoms with Gasteiger partial charge in [-0.15, -0.1) is 0 Å². The number of nitrogens with zero attached hydrogens (tertiary/aromatic N) is 1. The number of pyridine rings is 1. The Kier molecular flexibility index (Phi) is 3.99. The highest BCUT2D eigenvalue weighted by Crippen LogP contribution is 2.13. The van der Waals surface area contributed by atoms with Gasteiger partial charge in [-0.1, -0.05) is 0 Å². The van der Waals surface area contributed by atoms with Crippen LogP contribution in [0.25, 0.3) is 0 Å². The monoisotopic (exact) mass is 248 g/mol. The van der Waals surface area contributed by atoms with Gasteiger partial charge in [-0.3, -0.25) is 4.98 Å². The number of halogens is 2. The standard InChI is InChI=1S/C14H14F2N2/c1-10(12-2-4-17-5-3-12)18-9-11-6-13(15)8-14(16)7-11/h2-8,10,18H,9H2,1H3/t10-/m1/s1. The molecule has 18 heavy (non-hydrogen) atoms. The summed E-state index contributed by atoms with van der Waals surface area (Å²) < 4.78 is 26.0. The van der Waals surface area contributed by atoms with E-state index in [-0.39, 0.29) is 6.04 Å². The molecule has 0 bridgehead atoms. The number of aromatic nitrogens is 1. The summed E-state index contributed by atoms with van der Waals surface area (Å²) in [5.74, 6) is -1.10. The van der Waals surface area contributed by atoms with Crippen LogP contribution in [-0.4, -0.2) is 4.98 Å². The molecule has 2 nitrogen and oxygen atoms in total. The van der Waals surface area contributed by atoms with Gasteiger partial charge in [-0.05, 0) is 42.3 Å². The van der Waals surface area contributed by atoms with E-state index < -0.39 is 11.6 Å². The fourth-order valence-corrected chi connectivity index (χ4v) is 1.75. The topological polar surface area (TPSA) is 24.9 Å². The lowest BCUT2D eigenvalue weighted by molar-refractivity contribution is 0.554. The molecular weight excluding hydrogens is 234 g/mol. The van der Waals surface area contributed by atoms with Crippen molar-refractivity contribution >= 4 is 0 Å². The first-order valence-corrected chi connectivity index (χ1v) is 5.73. The zero-order valence-corrected chi connectivity index (χ0v) is 10.0. The van der Waals surface area contributed by atoms with Crippen molar-refractivity contribution in [2.45, 2.75) is 19.5 Å². The molecule has 0 saturated heterocycles. The van der Waals surface area contributed by atoms with Gasteiger partial charge in [0.05, 0.1) is 0 Å². The predicted molar refractivity (Wildman–Crippen MR) is 65.8 cm³/mol. The van der Waals surface area contributed by atoms with Crippen LogP contribution in [0.1, 0.15) is 24.1 Å². The molecule has 0 aliphatic rings. The number of hydrogen-bond donors (Lipinski definition) is 1. The number of hydrogen-bond acceptors (Lipinski definition) is 2. The van der Waals surface area contributed by atoms with Gasteiger partial charge in [0, 0.05) is 31.0 Å².